The Kier molecular flexibility index (Phi) is 29.5. The summed E-state index contributed by atoms with van der Waals surface area (Å²) in [6.07, 6.45) is 4.94. The summed E-state index contributed by atoms with van der Waals surface area (Å²) in [7, 11) is 0. The van der Waals surface area contributed by atoms with Gasteiger partial charge in [-0.1, -0.05) is 48.0 Å². The maximum atomic E-state index is 13.8. The summed E-state index contributed by atoms with van der Waals surface area (Å²) in [6.45, 7) is 12.9. The van der Waals surface area contributed by atoms with Crippen LogP contribution in [-0.4, -0.2) is 135 Å². The van der Waals surface area contributed by atoms with Crippen LogP contribution in [0.1, 0.15) is 125 Å². The molecule has 0 saturated carbocycles. The van der Waals surface area contributed by atoms with E-state index in [9.17, 15) is 43.5 Å². The van der Waals surface area contributed by atoms with Gasteiger partial charge in [-0.2, -0.15) is 12.6 Å². The minimum Gasteiger partial charge on any atom is -0.481 e. The zero-order valence-corrected chi connectivity index (χ0v) is 41.4. The lowest BCUT2D eigenvalue weighted by Crippen LogP contribution is -2.49. The first kappa shape index (κ1) is 60.2. The molecule has 1 rings (SSSR count). The quantitative estimate of drug-likeness (QED) is 0.0319. The number of hydrogen-bond acceptors (Lipinski definition) is 13. The van der Waals surface area contributed by atoms with Crippen molar-refractivity contribution in [1.82, 2.24) is 47.2 Å². The van der Waals surface area contributed by atoms with Crippen molar-refractivity contribution in [1.29, 1.82) is 0 Å². The molecule has 0 saturated heterocycles. The number of aliphatic hydroxyl groups is 1. The molecule has 1 heterocycles. The molecule has 7 amide bonds. The number of aliphatic carboxylic acids is 1. The maximum Gasteiger partial charge on any atom is 0.305 e. The first-order valence-electron chi connectivity index (χ1n) is 23.5. The molecule has 1 aromatic heterocycles. The molecule has 0 aliphatic carbocycles. The molecule has 0 aliphatic rings. The number of hydrogen-bond donors (Lipinski definition) is 13. The lowest BCUT2D eigenvalue weighted by molar-refractivity contribution is -0.138. The third kappa shape index (κ3) is 27.6. The number of thiol groups is 1. The van der Waals surface area contributed by atoms with E-state index in [-0.39, 0.29) is 98.6 Å². The maximum absolute atomic E-state index is 13.8. The van der Waals surface area contributed by atoms with Crippen LogP contribution in [0.25, 0.3) is 0 Å². The van der Waals surface area contributed by atoms with E-state index < -0.39 is 78.5 Å². The van der Waals surface area contributed by atoms with E-state index in [1.807, 2.05) is 41.5 Å². The molecule has 21 nitrogen and oxygen atoms in total. The summed E-state index contributed by atoms with van der Waals surface area (Å²) in [5.74, 6) is -4.74. The molecular formula is C45H81N11O10S. The molecule has 8 atom stereocenters. The number of aliphatic hydroxyl groups excluding tert-OH is 1. The molecule has 0 unspecified atom stereocenters. The number of imidazole rings is 1. The molecule has 67 heavy (non-hydrogen) atoms. The number of aromatic amines is 1. The van der Waals surface area contributed by atoms with E-state index in [2.05, 4.69) is 59.8 Å². The highest BCUT2D eigenvalue weighted by molar-refractivity contribution is 7.80. The van der Waals surface area contributed by atoms with Crippen molar-refractivity contribution >= 4 is 59.9 Å². The molecular weight excluding hydrogens is 887 g/mol. The summed E-state index contributed by atoms with van der Waals surface area (Å²) in [5, 5.41) is 38.6. The van der Waals surface area contributed by atoms with Crippen LogP contribution < -0.4 is 48.7 Å². The van der Waals surface area contributed by atoms with Gasteiger partial charge in [0.15, 0.2) is 0 Å². The standard InChI is InChI=1S/C45H81N11O10S/c1-26(2)12-32(17-42(62)53-34(23-57)18-43(63)54-35(24-67)19-44(64)65)52-41(61)16-31(10-8-9-11-46)55-45(66)36(27(3)4)22-49-38(58)20-37(28(5)6)56-39(59)13-29(7)51-40(60)15-30(47)14-33-21-48-25-50-33/h21,25-32,34-37,57,67H,8-20,22-24,46-47H2,1-7H3,(H,48,50)(H,49,58)(H,51,60)(H,52,61)(H,53,62)(H,54,63)(H,55,66)(H,56,59)(H,64,65)/t29-,30+,31+,32+,34+,35-,36-,37-/m1/s1. The molecule has 22 heteroatoms. The topological polar surface area (TPSA) is 342 Å². The lowest BCUT2D eigenvalue weighted by atomic mass is 9.93. The van der Waals surface area contributed by atoms with Gasteiger partial charge in [-0.15, -0.1) is 0 Å². The van der Waals surface area contributed by atoms with Crippen molar-refractivity contribution in [3.63, 3.8) is 0 Å². The Morgan fingerprint density at radius 2 is 1.27 bits per heavy atom. The van der Waals surface area contributed by atoms with Crippen LogP contribution in [0.2, 0.25) is 0 Å². The number of unbranched alkanes of at least 4 members (excludes halogenated alkanes) is 1. The van der Waals surface area contributed by atoms with Crippen LogP contribution in [0.5, 0.6) is 0 Å². The fraction of sp³-hybridized carbons (Fsp3) is 0.756. The number of carboxylic acids is 1. The lowest BCUT2D eigenvalue weighted by Gasteiger charge is -2.27. The van der Waals surface area contributed by atoms with Gasteiger partial charge in [0.2, 0.25) is 41.4 Å². The average Bonchev–Trinajstić information content (AvgIpc) is 3.72. The first-order valence-corrected chi connectivity index (χ1v) is 24.1. The summed E-state index contributed by atoms with van der Waals surface area (Å²) >= 11 is 4.07. The third-order valence-electron chi connectivity index (χ3n) is 11.0. The van der Waals surface area contributed by atoms with Crippen molar-refractivity contribution in [2.24, 2.45) is 35.1 Å². The SMILES string of the molecule is CC(C)C[C@@H](CC(=O)N[C@H](CO)CC(=O)N[C@@H](CS)CC(=O)O)NC(=O)C[C@H](CCCCN)NC(=O)[C@H](CNC(=O)C[C@@H](NC(=O)C[C@@H](C)NC(=O)C[C@@H](N)Cc1cnc[nH]1)C(C)C)C(C)C. The van der Waals surface area contributed by atoms with Crippen LogP contribution >= 0.6 is 12.6 Å². The van der Waals surface area contributed by atoms with Crippen molar-refractivity contribution in [2.75, 3.05) is 25.4 Å². The van der Waals surface area contributed by atoms with Gasteiger partial charge in [0.1, 0.15) is 0 Å². The molecule has 1 aromatic rings. The molecule has 0 aromatic carbocycles. The number of amides is 7. The van der Waals surface area contributed by atoms with Crippen molar-refractivity contribution in [2.45, 2.75) is 168 Å². The van der Waals surface area contributed by atoms with E-state index in [0.717, 1.165) is 5.69 Å². The second-order valence-corrected chi connectivity index (χ2v) is 19.0. The molecule has 0 bridgehead atoms. The van der Waals surface area contributed by atoms with Gasteiger partial charge in [-0.3, -0.25) is 38.4 Å². The zero-order valence-electron chi connectivity index (χ0n) is 40.5. The predicted molar refractivity (Wildman–Crippen MR) is 257 cm³/mol. The third-order valence-corrected chi connectivity index (χ3v) is 11.4. The van der Waals surface area contributed by atoms with E-state index in [0.29, 0.717) is 38.6 Å². The van der Waals surface area contributed by atoms with Crippen LogP contribution in [-0.2, 0) is 44.8 Å². The normalized spacial score (nSPS) is 15.0. The van der Waals surface area contributed by atoms with Crippen LogP contribution in [0.4, 0.5) is 0 Å². The van der Waals surface area contributed by atoms with E-state index in [4.69, 9.17) is 16.6 Å². The number of carboxylic acid groups (broad SMARTS) is 1. The Morgan fingerprint density at radius 1 is 0.687 bits per heavy atom. The summed E-state index contributed by atoms with van der Waals surface area (Å²) in [4.78, 5) is 110. The Hall–Kier alpha value is -4.80. The van der Waals surface area contributed by atoms with Crippen molar-refractivity contribution in [3.05, 3.63) is 18.2 Å². The largest absolute Gasteiger partial charge is 0.481 e. The average molecular weight is 968 g/mol. The van der Waals surface area contributed by atoms with Gasteiger partial charge < -0.3 is 63.9 Å². The minimum absolute atomic E-state index is 0.00849. The number of rotatable bonds is 35. The summed E-state index contributed by atoms with van der Waals surface area (Å²) in [5.41, 5.74) is 12.7. The number of nitrogens with one attached hydrogen (secondary N) is 8. The fourth-order valence-corrected chi connectivity index (χ4v) is 7.61. The summed E-state index contributed by atoms with van der Waals surface area (Å²) in [6, 6.07) is -4.32. The van der Waals surface area contributed by atoms with E-state index in [1.54, 1.807) is 13.1 Å². The van der Waals surface area contributed by atoms with E-state index in [1.165, 1.54) is 6.33 Å². The Morgan fingerprint density at radius 3 is 1.81 bits per heavy atom. The van der Waals surface area contributed by atoms with Crippen LogP contribution in [0.3, 0.4) is 0 Å². The summed E-state index contributed by atoms with van der Waals surface area (Å²) < 4.78 is 0. The molecule has 0 fully saturated rings. The van der Waals surface area contributed by atoms with E-state index >= 15 is 0 Å². The number of H-pyrrole nitrogens is 1. The van der Waals surface area contributed by atoms with Gasteiger partial charge in [-0.25, -0.2) is 4.98 Å². The first-order chi connectivity index (χ1) is 31.5. The van der Waals surface area contributed by atoms with Crippen LogP contribution in [0.15, 0.2) is 12.5 Å². The van der Waals surface area contributed by atoms with Gasteiger partial charge >= 0.3 is 5.97 Å². The molecule has 14 N–H and O–H groups in total. The molecule has 0 spiro atoms. The Bertz CT molecular complexity index is 1680. The molecule has 0 radical (unpaired) electrons. The molecule has 382 valence electrons. The predicted octanol–water partition coefficient (Wildman–Crippen LogP) is 0.165. The van der Waals surface area contributed by atoms with Gasteiger partial charge in [0.25, 0.3) is 0 Å². The smallest absolute Gasteiger partial charge is 0.305 e. The second kappa shape index (κ2) is 32.8. The number of nitrogens with two attached hydrogens (primary N) is 2. The van der Waals surface area contributed by atoms with Gasteiger partial charge in [-0.05, 0) is 50.5 Å². The monoisotopic (exact) mass is 968 g/mol. The van der Waals surface area contributed by atoms with Gasteiger partial charge in [0, 0.05) is 105 Å². The van der Waals surface area contributed by atoms with Crippen molar-refractivity contribution < 1.29 is 48.6 Å². The Labute approximate surface area is 401 Å². The van der Waals surface area contributed by atoms with Crippen LogP contribution in [0, 0.1) is 23.7 Å². The highest BCUT2D eigenvalue weighted by Gasteiger charge is 2.29. The Balaban J connectivity index is 2.85. The minimum atomic E-state index is -1.11. The van der Waals surface area contributed by atoms with Gasteiger partial charge in [0.05, 0.1) is 31.3 Å². The number of carbonyl (C=O) groups excluding carboxylic acids is 7. The number of carbonyl (C=O) groups is 8. The highest BCUT2D eigenvalue weighted by Crippen LogP contribution is 2.15. The second-order valence-electron chi connectivity index (χ2n) is 18.7. The van der Waals surface area contributed by atoms with Crippen molar-refractivity contribution in [3.8, 4) is 0 Å². The number of aromatic nitrogens is 2. The molecule has 0 aliphatic heterocycles. The highest BCUT2D eigenvalue weighted by atomic mass is 32.1. The fourth-order valence-electron chi connectivity index (χ4n) is 7.39. The number of nitrogens with zero attached hydrogens (tertiary/aromatic N) is 1. The zero-order chi connectivity index (χ0) is 50.6.